The Labute approximate surface area is 98.0 Å². The topological polar surface area (TPSA) is 21.3 Å². The molecular formula is C14H21NO. The lowest BCUT2D eigenvalue weighted by Crippen LogP contribution is -2.15. The molecule has 1 saturated heterocycles. The molecule has 1 aliphatic rings. The second-order valence-corrected chi connectivity index (χ2v) is 4.51. The van der Waals surface area contributed by atoms with Gasteiger partial charge in [-0.2, -0.15) is 0 Å². The Kier molecular flexibility index (Phi) is 3.49. The van der Waals surface area contributed by atoms with Gasteiger partial charge in [0.25, 0.3) is 0 Å². The third-order valence-corrected chi connectivity index (χ3v) is 3.43. The summed E-state index contributed by atoms with van der Waals surface area (Å²) in [5.74, 6) is 1.10. The van der Waals surface area contributed by atoms with Gasteiger partial charge in [0.05, 0.1) is 6.61 Å². The maximum atomic E-state index is 5.82. The van der Waals surface area contributed by atoms with Crippen molar-refractivity contribution < 1.29 is 4.74 Å². The van der Waals surface area contributed by atoms with Gasteiger partial charge < -0.3 is 10.1 Å². The molecule has 1 unspecified atom stereocenters. The van der Waals surface area contributed by atoms with E-state index in [1.807, 2.05) is 6.92 Å². The van der Waals surface area contributed by atoms with Crippen LogP contribution in [-0.2, 0) is 0 Å². The van der Waals surface area contributed by atoms with Crippen LogP contribution in [0.4, 0.5) is 0 Å². The van der Waals surface area contributed by atoms with Crippen LogP contribution in [0.15, 0.2) is 12.1 Å². The van der Waals surface area contributed by atoms with Crippen LogP contribution in [0.3, 0.4) is 0 Å². The lowest BCUT2D eigenvalue weighted by Gasteiger charge is -2.19. The fourth-order valence-electron chi connectivity index (χ4n) is 2.37. The van der Waals surface area contributed by atoms with Gasteiger partial charge in [0.2, 0.25) is 0 Å². The van der Waals surface area contributed by atoms with E-state index in [1.54, 1.807) is 0 Å². The van der Waals surface area contributed by atoms with Crippen molar-refractivity contribution in [1.29, 1.82) is 0 Å². The number of hydrogen-bond donors (Lipinski definition) is 1. The summed E-state index contributed by atoms with van der Waals surface area (Å²) in [4.78, 5) is 0. The molecule has 0 aromatic heterocycles. The predicted molar refractivity (Wildman–Crippen MR) is 67.1 cm³/mol. The Morgan fingerprint density at radius 1 is 1.38 bits per heavy atom. The number of nitrogens with one attached hydrogen (secondary N) is 1. The number of rotatable bonds is 3. The summed E-state index contributed by atoms with van der Waals surface area (Å²) >= 11 is 0. The molecule has 1 atom stereocenters. The minimum atomic E-state index is 0.487. The highest BCUT2D eigenvalue weighted by atomic mass is 16.5. The van der Waals surface area contributed by atoms with Gasteiger partial charge in [-0.15, -0.1) is 0 Å². The number of aryl methyl sites for hydroxylation is 1. The second-order valence-electron chi connectivity index (χ2n) is 4.51. The molecule has 0 radical (unpaired) electrons. The molecule has 0 spiro atoms. The van der Waals surface area contributed by atoms with E-state index in [9.17, 15) is 0 Å². The van der Waals surface area contributed by atoms with Gasteiger partial charge in [-0.05, 0) is 51.3 Å². The van der Waals surface area contributed by atoms with E-state index in [0.717, 1.165) is 18.9 Å². The average Bonchev–Trinajstić information content (AvgIpc) is 2.79. The van der Waals surface area contributed by atoms with Crippen molar-refractivity contribution in [3.05, 3.63) is 28.8 Å². The molecule has 2 rings (SSSR count). The maximum absolute atomic E-state index is 5.82. The molecule has 1 heterocycles. The molecule has 1 fully saturated rings. The van der Waals surface area contributed by atoms with E-state index in [-0.39, 0.29) is 0 Å². The minimum absolute atomic E-state index is 0.487. The van der Waals surface area contributed by atoms with E-state index in [1.165, 1.54) is 29.5 Å². The maximum Gasteiger partial charge on any atom is 0.127 e. The molecule has 0 amide bonds. The summed E-state index contributed by atoms with van der Waals surface area (Å²) in [5.41, 5.74) is 3.93. The molecule has 0 bridgehead atoms. The minimum Gasteiger partial charge on any atom is -0.493 e. The van der Waals surface area contributed by atoms with Crippen LogP contribution in [0.5, 0.6) is 5.75 Å². The van der Waals surface area contributed by atoms with Crippen LogP contribution < -0.4 is 10.1 Å². The Bertz CT molecular complexity index is 367. The molecule has 1 aromatic rings. The molecule has 2 nitrogen and oxygen atoms in total. The van der Waals surface area contributed by atoms with Crippen molar-refractivity contribution in [2.75, 3.05) is 13.2 Å². The Hall–Kier alpha value is -1.02. The zero-order chi connectivity index (χ0) is 11.5. The van der Waals surface area contributed by atoms with Gasteiger partial charge in [-0.25, -0.2) is 0 Å². The zero-order valence-electron chi connectivity index (χ0n) is 10.5. The monoisotopic (exact) mass is 219 g/mol. The lowest BCUT2D eigenvalue weighted by molar-refractivity contribution is 0.330. The van der Waals surface area contributed by atoms with Gasteiger partial charge in [0, 0.05) is 11.6 Å². The van der Waals surface area contributed by atoms with Crippen LogP contribution in [0, 0.1) is 13.8 Å². The van der Waals surface area contributed by atoms with Crippen molar-refractivity contribution >= 4 is 0 Å². The first-order valence-corrected chi connectivity index (χ1v) is 6.20. The summed E-state index contributed by atoms with van der Waals surface area (Å²) in [6, 6.07) is 4.91. The lowest BCUT2D eigenvalue weighted by atomic mass is 9.98. The first-order valence-electron chi connectivity index (χ1n) is 6.20. The van der Waals surface area contributed by atoms with Crippen molar-refractivity contribution in [2.45, 2.75) is 39.7 Å². The Morgan fingerprint density at radius 2 is 2.19 bits per heavy atom. The van der Waals surface area contributed by atoms with Gasteiger partial charge >= 0.3 is 0 Å². The summed E-state index contributed by atoms with van der Waals surface area (Å²) < 4.78 is 5.82. The molecule has 1 aliphatic heterocycles. The molecule has 1 N–H and O–H groups in total. The van der Waals surface area contributed by atoms with Crippen molar-refractivity contribution in [3.63, 3.8) is 0 Å². The second kappa shape index (κ2) is 4.88. The van der Waals surface area contributed by atoms with Crippen molar-refractivity contribution in [2.24, 2.45) is 0 Å². The highest BCUT2D eigenvalue weighted by Crippen LogP contribution is 2.34. The molecule has 16 heavy (non-hydrogen) atoms. The van der Waals surface area contributed by atoms with Gasteiger partial charge in [0.1, 0.15) is 5.75 Å². The zero-order valence-corrected chi connectivity index (χ0v) is 10.5. The van der Waals surface area contributed by atoms with E-state index in [2.05, 4.69) is 31.3 Å². The molecule has 2 heteroatoms. The van der Waals surface area contributed by atoms with Crippen LogP contribution in [-0.4, -0.2) is 13.2 Å². The van der Waals surface area contributed by atoms with Crippen LogP contribution in [0.2, 0.25) is 0 Å². The summed E-state index contributed by atoms with van der Waals surface area (Å²) in [6.07, 6.45) is 2.49. The molecule has 88 valence electrons. The third kappa shape index (κ3) is 2.07. The Balaban J connectivity index is 2.38. The smallest absolute Gasteiger partial charge is 0.127 e. The quantitative estimate of drug-likeness (QED) is 0.843. The molecule has 0 aliphatic carbocycles. The van der Waals surface area contributed by atoms with E-state index >= 15 is 0 Å². The standard InChI is InChI=1S/C14H21NO/c1-4-16-14-11(3)10(2)7-8-12(14)13-6-5-9-15-13/h7-8,13,15H,4-6,9H2,1-3H3. The fourth-order valence-corrected chi connectivity index (χ4v) is 2.37. The van der Waals surface area contributed by atoms with Crippen LogP contribution in [0.1, 0.15) is 42.5 Å². The highest BCUT2D eigenvalue weighted by molar-refractivity contribution is 5.47. The first kappa shape index (κ1) is 11.5. The number of ether oxygens (including phenoxy) is 1. The molecule has 1 aromatic carbocycles. The molecule has 0 saturated carbocycles. The van der Waals surface area contributed by atoms with Crippen molar-refractivity contribution in [1.82, 2.24) is 5.32 Å². The van der Waals surface area contributed by atoms with Gasteiger partial charge in [-0.1, -0.05) is 12.1 Å². The summed E-state index contributed by atoms with van der Waals surface area (Å²) in [5, 5.41) is 3.54. The number of hydrogen-bond acceptors (Lipinski definition) is 2. The van der Waals surface area contributed by atoms with E-state index < -0.39 is 0 Å². The summed E-state index contributed by atoms with van der Waals surface area (Å²) in [7, 11) is 0. The first-order chi connectivity index (χ1) is 7.74. The van der Waals surface area contributed by atoms with E-state index in [0.29, 0.717) is 6.04 Å². The van der Waals surface area contributed by atoms with Crippen molar-refractivity contribution in [3.8, 4) is 5.75 Å². The normalized spacial score (nSPS) is 20.1. The average molecular weight is 219 g/mol. The Morgan fingerprint density at radius 3 is 2.81 bits per heavy atom. The fraction of sp³-hybridized carbons (Fsp3) is 0.571. The van der Waals surface area contributed by atoms with Gasteiger partial charge in [0.15, 0.2) is 0 Å². The summed E-state index contributed by atoms with van der Waals surface area (Å²) in [6.45, 7) is 8.21. The third-order valence-electron chi connectivity index (χ3n) is 3.43. The number of benzene rings is 1. The SMILES string of the molecule is CCOc1c(C2CCCN2)ccc(C)c1C. The predicted octanol–water partition coefficient (Wildman–Crippen LogP) is 3.13. The van der Waals surface area contributed by atoms with E-state index in [4.69, 9.17) is 4.74 Å². The van der Waals surface area contributed by atoms with Gasteiger partial charge in [-0.3, -0.25) is 0 Å². The van der Waals surface area contributed by atoms with Crippen LogP contribution >= 0.6 is 0 Å². The highest BCUT2D eigenvalue weighted by Gasteiger charge is 2.21. The van der Waals surface area contributed by atoms with Crippen LogP contribution in [0.25, 0.3) is 0 Å². The largest absolute Gasteiger partial charge is 0.493 e. The molecular weight excluding hydrogens is 198 g/mol.